The van der Waals surface area contributed by atoms with Crippen molar-refractivity contribution in [2.75, 3.05) is 19.7 Å². The van der Waals surface area contributed by atoms with Crippen molar-refractivity contribution in [2.24, 2.45) is 5.92 Å². The minimum absolute atomic E-state index is 0.0345. The van der Waals surface area contributed by atoms with Gasteiger partial charge in [-0.25, -0.2) is 0 Å². The van der Waals surface area contributed by atoms with Crippen LogP contribution in [0.15, 0.2) is 22.8 Å². The lowest BCUT2D eigenvalue weighted by atomic mass is 9.92. The number of hydrogen-bond acceptors (Lipinski definition) is 4. The van der Waals surface area contributed by atoms with Crippen LogP contribution in [-0.2, 0) is 16.1 Å². The lowest BCUT2D eigenvalue weighted by Gasteiger charge is -2.28. The minimum Gasteiger partial charge on any atom is -0.467 e. The quantitative estimate of drug-likeness (QED) is 0.746. The lowest BCUT2D eigenvalue weighted by molar-refractivity contribution is -0.124. The van der Waals surface area contributed by atoms with Gasteiger partial charge < -0.3 is 19.8 Å². The molecule has 0 bridgehead atoms. The Labute approximate surface area is 120 Å². The maximum Gasteiger partial charge on any atom is 0.237 e. The molecule has 0 radical (unpaired) electrons. The molecule has 1 aromatic rings. The summed E-state index contributed by atoms with van der Waals surface area (Å²) in [5.74, 6) is 1.36. The van der Waals surface area contributed by atoms with Crippen molar-refractivity contribution in [2.45, 2.75) is 38.8 Å². The number of amides is 1. The smallest absolute Gasteiger partial charge is 0.237 e. The lowest BCUT2D eigenvalue weighted by Crippen LogP contribution is -2.51. The molecule has 1 fully saturated rings. The molecule has 1 aliphatic heterocycles. The van der Waals surface area contributed by atoms with Crippen molar-refractivity contribution in [1.29, 1.82) is 0 Å². The predicted molar refractivity (Wildman–Crippen MR) is 76.2 cm³/mol. The fraction of sp³-hybridized carbons (Fsp3) is 0.667. The Balaban J connectivity index is 1.53. The molecular weight excluding hydrogens is 256 g/mol. The molecule has 0 saturated carbocycles. The highest BCUT2D eigenvalue weighted by molar-refractivity contribution is 5.82. The van der Waals surface area contributed by atoms with E-state index in [-0.39, 0.29) is 11.9 Å². The summed E-state index contributed by atoms with van der Waals surface area (Å²) in [5, 5.41) is 6.26. The van der Waals surface area contributed by atoms with Crippen LogP contribution in [-0.4, -0.2) is 31.6 Å². The van der Waals surface area contributed by atoms with Crippen molar-refractivity contribution < 1.29 is 13.9 Å². The van der Waals surface area contributed by atoms with E-state index in [1.807, 2.05) is 12.1 Å². The SMILES string of the molecule is CC1CCCNC1C(=O)NCCCOCc1ccco1. The molecule has 1 amide bonds. The number of carbonyl (C=O) groups excluding carboxylic acids is 1. The summed E-state index contributed by atoms with van der Waals surface area (Å²) in [4.78, 5) is 12.0. The molecule has 1 aromatic heterocycles. The third-order valence-electron chi connectivity index (χ3n) is 3.64. The van der Waals surface area contributed by atoms with Crippen molar-refractivity contribution in [1.82, 2.24) is 10.6 Å². The van der Waals surface area contributed by atoms with Crippen LogP contribution < -0.4 is 10.6 Å². The van der Waals surface area contributed by atoms with Gasteiger partial charge in [-0.1, -0.05) is 6.92 Å². The summed E-state index contributed by atoms with van der Waals surface area (Å²) >= 11 is 0. The predicted octanol–water partition coefficient (Wildman–Crippen LogP) is 1.69. The summed E-state index contributed by atoms with van der Waals surface area (Å²) in [6, 6.07) is 3.70. The van der Waals surface area contributed by atoms with Crippen LogP contribution in [0, 0.1) is 5.92 Å². The van der Waals surface area contributed by atoms with Gasteiger partial charge in [-0.3, -0.25) is 4.79 Å². The Bertz CT molecular complexity index is 392. The van der Waals surface area contributed by atoms with Gasteiger partial charge in [-0.2, -0.15) is 0 Å². The van der Waals surface area contributed by atoms with Crippen LogP contribution in [0.4, 0.5) is 0 Å². The van der Waals surface area contributed by atoms with E-state index in [0.29, 0.717) is 25.7 Å². The summed E-state index contributed by atoms with van der Waals surface area (Å²) < 4.78 is 10.6. The Hall–Kier alpha value is -1.33. The minimum atomic E-state index is -0.0345. The number of piperidine rings is 1. The maximum absolute atomic E-state index is 12.0. The zero-order valence-corrected chi connectivity index (χ0v) is 12.1. The molecule has 5 nitrogen and oxygen atoms in total. The zero-order valence-electron chi connectivity index (χ0n) is 12.1. The van der Waals surface area contributed by atoms with E-state index in [2.05, 4.69) is 17.6 Å². The van der Waals surface area contributed by atoms with E-state index < -0.39 is 0 Å². The Kier molecular flexibility index (Phi) is 6.08. The largest absolute Gasteiger partial charge is 0.467 e. The van der Waals surface area contributed by atoms with E-state index in [1.165, 1.54) is 0 Å². The number of rotatable bonds is 7. The molecule has 2 heterocycles. The first kappa shape index (κ1) is 15.1. The Morgan fingerprint density at radius 2 is 2.50 bits per heavy atom. The van der Waals surface area contributed by atoms with E-state index in [9.17, 15) is 4.79 Å². The highest BCUT2D eigenvalue weighted by Crippen LogP contribution is 2.15. The highest BCUT2D eigenvalue weighted by Gasteiger charge is 2.26. The first-order chi connectivity index (χ1) is 9.77. The van der Waals surface area contributed by atoms with Crippen LogP contribution in [0.1, 0.15) is 31.9 Å². The molecule has 1 aliphatic rings. The van der Waals surface area contributed by atoms with Gasteiger partial charge in [-0.15, -0.1) is 0 Å². The van der Waals surface area contributed by atoms with Gasteiger partial charge in [0, 0.05) is 13.2 Å². The molecule has 0 aromatic carbocycles. The Morgan fingerprint density at radius 3 is 3.25 bits per heavy atom. The molecule has 20 heavy (non-hydrogen) atoms. The van der Waals surface area contributed by atoms with Gasteiger partial charge in [0.05, 0.1) is 12.3 Å². The summed E-state index contributed by atoms with van der Waals surface area (Å²) in [5.41, 5.74) is 0. The van der Waals surface area contributed by atoms with Crippen LogP contribution in [0.2, 0.25) is 0 Å². The van der Waals surface area contributed by atoms with Gasteiger partial charge in [0.15, 0.2) is 0 Å². The fourth-order valence-corrected chi connectivity index (χ4v) is 2.46. The van der Waals surface area contributed by atoms with E-state index in [4.69, 9.17) is 9.15 Å². The molecular formula is C15H24N2O3. The third kappa shape index (κ3) is 4.65. The van der Waals surface area contributed by atoms with E-state index in [1.54, 1.807) is 6.26 Å². The van der Waals surface area contributed by atoms with Crippen LogP contribution in [0.5, 0.6) is 0 Å². The van der Waals surface area contributed by atoms with Gasteiger partial charge in [0.2, 0.25) is 5.91 Å². The maximum atomic E-state index is 12.0. The second kappa shape index (κ2) is 8.07. The van der Waals surface area contributed by atoms with Gasteiger partial charge in [0.25, 0.3) is 0 Å². The van der Waals surface area contributed by atoms with Gasteiger partial charge >= 0.3 is 0 Å². The standard InChI is InChI=1S/C15H24N2O3/c1-12-5-2-7-16-14(12)15(18)17-8-4-9-19-11-13-6-3-10-20-13/h3,6,10,12,14,16H,2,4-5,7-9,11H2,1H3,(H,17,18). The van der Waals surface area contributed by atoms with E-state index >= 15 is 0 Å². The van der Waals surface area contributed by atoms with Crippen LogP contribution in [0.3, 0.4) is 0 Å². The summed E-state index contributed by atoms with van der Waals surface area (Å²) in [7, 11) is 0. The number of carbonyl (C=O) groups is 1. The average Bonchev–Trinajstić information content (AvgIpc) is 2.96. The molecule has 1 saturated heterocycles. The highest BCUT2D eigenvalue weighted by atomic mass is 16.5. The fourth-order valence-electron chi connectivity index (χ4n) is 2.46. The average molecular weight is 280 g/mol. The van der Waals surface area contributed by atoms with Crippen molar-refractivity contribution in [3.63, 3.8) is 0 Å². The molecule has 0 aliphatic carbocycles. The summed E-state index contributed by atoms with van der Waals surface area (Å²) in [6.45, 7) is 4.83. The topological polar surface area (TPSA) is 63.5 Å². The normalized spacial score (nSPS) is 22.6. The molecule has 2 unspecified atom stereocenters. The van der Waals surface area contributed by atoms with E-state index in [0.717, 1.165) is 31.6 Å². The van der Waals surface area contributed by atoms with Gasteiger partial charge in [0.1, 0.15) is 12.4 Å². The molecule has 112 valence electrons. The van der Waals surface area contributed by atoms with Crippen molar-refractivity contribution in [3.8, 4) is 0 Å². The molecule has 2 atom stereocenters. The zero-order chi connectivity index (χ0) is 14.2. The number of nitrogens with one attached hydrogen (secondary N) is 2. The van der Waals surface area contributed by atoms with Crippen LogP contribution >= 0.6 is 0 Å². The van der Waals surface area contributed by atoms with Crippen LogP contribution in [0.25, 0.3) is 0 Å². The summed E-state index contributed by atoms with van der Waals surface area (Å²) in [6.07, 6.45) is 4.73. The first-order valence-corrected chi connectivity index (χ1v) is 7.38. The van der Waals surface area contributed by atoms with Crippen molar-refractivity contribution in [3.05, 3.63) is 24.2 Å². The molecule has 2 rings (SSSR count). The molecule has 5 heteroatoms. The number of hydrogen-bond donors (Lipinski definition) is 2. The Morgan fingerprint density at radius 1 is 1.60 bits per heavy atom. The third-order valence-corrected chi connectivity index (χ3v) is 3.64. The second-order valence-electron chi connectivity index (χ2n) is 5.33. The number of furan rings is 1. The molecule has 0 spiro atoms. The molecule has 2 N–H and O–H groups in total. The van der Waals surface area contributed by atoms with Crippen molar-refractivity contribution >= 4 is 5.91 Å². The number of ether oxygens (including phenoxy) is 1. The first-order valence-electron chi connectivity index (χ1n) is 7.38. The van der Waals surface area contributed by atoms with Gasteiger partial charge in [-0.05, 0) is 43.9 Å². The monoisotopic (exact) mass is 280 g/mol. The second-order valence-corrected chi connectivity index (χ2v) is 5.33.